The topological polar surface area (TPSA) is 76.3 Å². The highest BCUT2D eigenvalue weighted by Crippen LogP contribution is 2.44. The first-order chi connectivity index (χ1) is 15.7. The van der Waals surface area contributed by atoms with Crippen LogP contribution in [-0.2, 0) is 11.8 Å². The molecule has 0 N–H and O–H groups in total. The van der Waals surface area contributed by atoms with Gasteiger partial charge in [-0.3, -0.25) is 4.79 Å². The SMILES string of the molecule is Cn1nnnc1SCC(=O)N1N=C2/C(=C\c3ccccc3)CCCC2C1c1ccccc1. The zero-order valence-corrected chi connectivity index (χ0v) is 18.7. The van der Waals surface area contributed by atoms with E-state index in [1.54, 1.807) is 16.7 Å². The lowest BCUT2D eigenvalue weighted by atomic mass is 9.77. The summed E-state index contributed by atoms with van der Waals surface area (Å²) in [6.45, 7) is 0. The molecule has 1 saturated carbocycles. The summed E-state index contributed by atoms with van der Waals surface area (Å²) in [5.41, 5.74) is 4.56. The van der Waals surface area contributed by atoms with E-state index >= 15 is 0 Å². The third-order valence-electron chi connectivity index (χ3n) is 5.94. The second-order valence-electron chi connectivity index (χ2n) is 8.03. The molecular weight excluding hydrogens is 420 g/mol. The lowest BCUT2D eigenvalue weighted by Crippen LogP contribution is -2.32. The van der Waals surface area contributed by atoms with Crippen LogP contribution in [0.4, 0.5) is 0 Å². The molecule has 1 aromatic heterocycles. The van der Waals surface area contributed by atoms with E-state index < -0.39 is 0 Å². The monoisotopic (exact) mass is 444 g/mol. The Balaban J connectivity index is 1.47. The summed E-state index contributed by atoms with van der Waals surface area (Å²) in [5, 5.41) is 18.7. The molecule has 0 spiro atoms. The Morgan fingerprint density at radius 3 is 2.59 bits per heavy atom. The molecule has 8 heteroatoms. The van der Waals surface area contributed by atoms with Crippen molar-refractivity contribution >= 4 is 29.5 Å². The van der Waals surface area contributed by atoms with Crippen LogP contribution in [0.1, 0.15) is 36.4 Å². The molecule has 7 nitrogen and oxygen atoms in total. The molecule has 5 rings (SSSR count). The number of nitrogens with zero attached hydrogens (tertiary/aromatic N) is 6. The van der Waals surface area contributed by atoms with Gasteiger partial charge in [0.25, 0.3) is 5.91 Å². The van der Waals surface area contributed by atoms with Crippen molar-refractivity contribution in [1.29, 1.82) is 0 Å². The predicted molar refractivity (Wildman–Crippen MR) is 125 cm³/mol. The summed E-state index contributed by atoms with van der Waals surface area (Å²) >= 11 is 1.33. The van der Waals surface area contributed by atoms with Gasteiger partial charge in [0.05, 0.1) is 17.5 Å². The normalized spacial score (nSPS) is 21.5. The standard InChI is InChI=1S/C24H24N6OS/c1-29-24(25-27-28-29)32-16-21(31)30-23(18-11-6-3-7-12-18)20-14-8-13-19(22(20)26-30)15-17-9-4-2-5-10-17/h2-7,9-12,15,20,23H,8,13-14,16H2,1H3/b19-15-. The van der Waals surface area contributed by atoms with Crippen molar-refractivity contribution in [3.8, 4) is 0 Å². The Bertz CT molecular complexity index is 1160. The molecule has 3 aromatic rings. The van der Waals surface area contributed by atoms with Crippen LogP contribution in [0, 0.1) is 5.92 Å². The van der Waals surface area contributed by atoms with Crippen molar-refractivity contribution < 1.29 is 4.79 Å². The van der Waals surface area contributed by atoms with Crippen LogP contribution in [0.2, 0.25) is 0 Å². The van der Waals surface area contributed by atoms with Crippen LogP contribution >= 0.6 is 11.8 Å². The van der Waals surface area contributed by atoms with E-state index in [-0.39, 0.29) is 23.6 Å². The minimum Gasteiger partial charge on any atom is -0.272 e. The number of fused-ring (bicyclic) bond motifs is 1. The van der Waals surface area contributed by atoms with E-state index in [9.17, 15) is 4.79 Å². The maximum absolute atomic E-state index is 13.3. The van der Waals surface area contributed by atoms with E-state index in [1.807, 2.05) is 36.4 Å². The molecule has 2 heterocycles. The molecule has 1 amide bonds. The number of aromatic nitrogens is 4. The van der Waals surface area contributed by atoms with Gasteiger partial charge in [-0.25, -0.2) is 9.69 Å². The molecular formula is C24H24N6OS. The summed E-state index contributed by atoms with van der Waals surface area (Å²) in [4.78, 5) is 13.3. The number of aryl methyl sites for hydroxylation is 1. The summed E-state index contributed by atoms with van der Waals surface area (Å²) < 4.78 is 1.57. The minimum absolute atomic E-state index is 0.0344. The van der Waals surface area contributed by atoms with Crippen molar-refractivity contribution in [3.63, 3.8) is 0 Å². The van der Waals surface area contributed by atoms with Crippen LogP contribution in [0.15, 0.2) is 76.5 Å². The van der Waals surface area contributed by atoms with Gasteiger partial charge in [0, 0.05) is 13.0 Å². The molecule has 1 aliphatic heterocycles. The third-order valence-corrected chi connectivity index (χ3v) is 6.94. The highest BCUT2D eigenvalue weighted by molar-refractivity contribution is 7.99. The zero-order valence-electron chi connectivity index (χ0n) is 17.8. The molecule has 0 radical (unpaired) electrons. The fourth-order valence-corrected chi connectivity index (χ4v) is 5.18. The Labute approximate surface area is 191 Å². The summed E-state index contributed by atoms with van der Waals surface area (Å²) in [6, 6.07) is 20.5. The van der Waals surface area contributed by atoms with Crippen LogP contribution in [0.3, 0.4) is 0 Å². The molecule has 32 heavy (non-hydrogen) atoms. The number of thioether (sulfide) groups is 1. The quantitative estimate of drug-likeness (QED) is 0.553. The van der Waals surface area contributed by atoms with Gasteiger partial charge in [-0.15, -0.1) is 5.10 Å². The van der Waals surface area contributed by atoms with Crippen molar-refractivity contribution in [2.75, 3.05) is 5.75 Å². The Hall–Kier alpha value is -3.26. The maximum Gasteiger partial charge on any atom is 0.253 e. The Morgan fingerprint density at radius 1 is 1.12 bits per heavy atom. The number of hydrazone groups is 1. The van der Waals surface area contributed by atoms with Crippen LogP contribution in [0.25, 0.3) is 6.08 Å². The number of benzene rings is 2. The van der Waals surface area contributed by atoms with Gasteiger partial charge in [0.15, 0.2) is 0 Å². The van der Waals surface area contributed by atoms with Gasteiger partial charge in [-0.05, 0) is 52.5 Å². The first kappa shape index (κ1) is 20.6. The van der Waals surface area contributed by atoms with Crippen LogP contribution in [0.5, 0.6) is 0 Å². The average Bonchev–Trinajstić information content (AvgIpc) is 3.43. The number of hydrogen-bond acceptors (Lipinski definition) is 6. The lowest BCUT2D eigenvalue weighted by Gasteiger charge is -2.29. The fraction of sp³-hybridized carbons (Fsp3) is 0.292. The molecule has 2 aromatic carbocycles. The lowest BCUT2D eigenvalue weighted by molar-refractivity contribution is -0.130. The Morgan fingerprint density at radius 2 is 1.88 bits per heavy atom. The Kier molecular flexibility index (Phi) is 5.85. The number of carbonyl (C=O) groups is 1. The second kappa shape index (κ2) is 9.08. The largest absolute Gasteiger partial charge is 0.272 e. The highest BCUT2D eigenvalue weighted by Gasteiger charge is 2.43. The molecule has 0 saturated heterocycles. The molecule has 2 atom stereocenters. The van der Waals surface area contributed by atoms with Gasteiger partial charge in [0.1, 0.15) is 0 Å². The first-order valence-electron chi connectivity index (χ1n) is 10.8. The molecule has 2 unspecified atom stereocenters. The number of allylic oxidation sites excluding steroid dienone is 1. The van der Waals surface area contributed by atoms with Gasteiger partial charge in [-0.2, -0.15) is 5.10 Å². The average molecular weight is 445 g/mol. The van der Waals surface area contributed by atoms with Gasteiger partial charge >= 0.3 is 0 Å². The van der Waals surface area contributed by atoms with Crippen molar-refractivity contribution in [2.45, 2.75) is 30.5 Å². The van der Waals surface area contributed by atoms with Crippen molar-refractivity contribution in [2.24, 2.45) is 18.1 Å². The summed E-state index contributed by atoms with van der Waals surface area (Å²) in [6.07, 6.45) is 5.32. The minimum atomic E-state index is -0.0867. The smallest absolute Gasteiger partial charge is 0.253 e. The number of rotatable bonds is 5. The second-order valence-corrected chi connectivity index (χ2v) is 8.97. The zero-order chi connectivity index (χ0) is 21.9. The van der Waals surface area contributed by atoms with Gasteiger partial charge in [0.2, 0.25) is 5.16 Å². The number of amides is 1. The highest BCUT2D eigenvalue weighted by atomic mass is 32.2. The molecule has 162 valence electrons. The van der Waals surface area contributed by atoms with Crippen LogP contribution < -0.4 is 0 Å². The summed E-state index contributed by atoms with van der Waals surface area (Å²) in [7, 11) is 1.77. The van der Waals surface area contributed by atoms with Gasteiger partial charge in [-0.1, -0.05) is 72.4 Å². The first-order valence-corrected chi connectivity index (χ1v) is 11.8. The van der Waals surface area contributed by atoms with Crippen molar-refractivity contribution in [3.05, 3.63) is 77.4 Å². The molecule has 0 bridgehead atoms. The number of tetrazole rings is 1. The molecule has 1 fully saturated rings. The van der Waals surface area contributed by atoms with E-state index in [4.69, 9.17) is 5.10 Å². The van der Waals surface area contributed by atoms with E-state index in [0.29, 0.717) is 5.16 Å². The predicted octanol–water partition coefficient (Wildman–Crippen LogP) is 4.13. The van der Waals surface area contributed by atoms with E-state index in [0.717, 1.165) is 36.1 Å². The van der Waals surface area contributed by atoms with E-state index in [2.05, 4.69) is 45.9 Å². The maximum atomic E-state index is 13.3. The molecule has 1 aliphatic carbocycles. The molecule has 2 aliphatic rings. The fourth-order valence-electron chi connectivity index (χ4n) is 4.48. The van der Waals surface area contributed by atoms with E-state index in [1.165, 1.54) is 17.3 Å². The number of carbonyl (C=O) groups excluding carboxylic acids is 1. The number of hydrogen-bond donors (Lipinski definition) is 0. The van der Waals surface area contributed by atoms with Crippen LogP contribution in [-0.4, -0.2) is 42.6 Å². The summed E-state index contributed by atoms with van der Waals surface area (Å²) in [5.74, 6) is 0.401. The van der Waals surface area contributed by atoms with Gasteiger partial charge < -0.3 is 0 Å². The van der Waals surface area contributed by atoms with Crippen molar-refractivity contribution in [1.82, 2.24) is 25.2 Å². The third kappa shape index (κ3) is 4.10.